The highest BCUT2D eigenvalue weighted by Crippen LogP contribution is 2.36. The molecule has 2 aromatic rings. The quantitative estimate of drug-likeness (QED) is 0.908. The molecule has 1 fully saturated rings. The Bertz CT molecular complexity index is 753. The van der Waals surface area contributed by atoms with Crippen molar-refractivity contribution in [2.45, 2.75) is 44.9 Å². The number of fused-ring (bicyclic) bond motifs is 1. The zero-order valence-electron chi connectivity index (χ0n) is 15.3. The van der Waals surface area contributed by atoms with Gasteiger partial charge in [0.25, 0.3) is 0 Å². The number of benzene rings is 1. The van der Waals surface area contributed by atoms with Crippen LogP contribution in [0.1, 0.15) is 43.1 Å². The van der Waals surface area contributed by atoms with Crippen LogP contribution in [0.4, 0.5) is 0 Å². The van der Waals surface area contributed by atoms with Gasteiger partial charge in [-0.1, -0.05) is 12.1 Å². The lowest BCUT2D eigenvalue weighted by Gasteiger charge is -2.18. The SMILES string of the molecule is Cn1cc(C2OCCC2CNCc2ccc3c(c2)CC(C)(C)O3)cn1. The van der Waals surface area contributed by atoms with Crippen LogP contribution >= 0.6 is 0 Å². The van der Waals surface area contributed by atoms with Crippen molar-refractivity contribution in [3.8, 4) is 5.75 Å². The van der Waals surface area contributed by atoms with Gasteiger partial charge in [0.15, 0.2) is 0 Å². The number of ether oxygens (including phenoxy) is 2. The molecule has 134 valence electrons. The first-order valence-corrected chi connectivity index (χ1v) is 9.12. The molecule has 0 bridgehead atoms. The highest BCUT2D eigenvalue weighted by molar-refractivity contribution is 5.41. The van der Waals surface area contributed by atoms with Crippen molar-refractivity contribution >= 4 is 0 Å². The van der Waals surface area contributed by atoms with Crippen LogP contribution in [0.5, 0.6) is 5.75 Å². The second-order valence-corrected chi connectivity index (χ2v) is 7.90. The summed E-state index contributed by atoms with van der Waals surface area (Å²) in [6.07, 6.45) is 6.22. The Morgan fingerprint density at radius 1 is 1.36 bits per heavy atom. The van der Waals surface area contributed by atoms with Crippen molar-refractivity contribution in [1.29, 1.82) is 0 Å². The molecule has 2 aliphatic rings. The van der Waals surface area contributed by atoms with Gasteiger partial charge < -0.3 is 14.8 Å². The summed E-state index contributed by atoms with van der Waals surface area (Å²) in [5.41, 5.74) is 3.74. The minimum Gasteiger partial charge on any atom is -0.487 e. The Kier molecular flexibility index (Phi) is 4.29. The fraction of sp³-hybridized carbons (Fsp3) is 0.550. The molecule has 1 N–H and O–H groups in total. The van der Waals surface area contributed by atoms with Gasteiger partial charge in [0.2, 0.25) is 0 Å². The summed E-state index contributed by atoms with van der Waals surface area (Å²) >= 11 is 0. The van der Waals surface area contributed by atoms with Crippen molar-refractivity contribution in [2.75, 3.05) is 13.2 Å². The molecule has 3 heterocycles. The van der Waals surface area contributed by atoms with Crippen LogP contribution in [0.3, 0.4) is 0 Å². The van der Waals surface area contributed by atoms with Crippen molar-refractivity contribution in [1.82, 2.24) is 15.1 Å². The van der Waals surface area contributed by atoms with Crippen molar-refractivity contribution in [2.24, 2.45) is 13.0 Å². The van der Waals surface area contributed by atoms with Gasteiger partial charge in [0, 0.05) is 50.8 Å². The van der Waals surface area contributed by atoms with E-state index >= 15 is 0 Å². The van der Waals surface area contributed by atoms with Gasteiger partial charge in [-0.15, -0.1) is 0 Å². The summed E-state index contributed by atoms with van der Waals surface area (Å²) in [4.78, 5) is 0. The molecular weight excluding hydrogens is 314 g/mol. The first-order valence-electron chi connectivity index (χ1n) is 9.12. The van der Waals surface area contributed by atoms with E-state index in [4.69, 9.17) is 9.47 Å². The van der Waals surface area contributed by atoms with E-state index in [1.165, 1.54) is 16.7 Å². The normalized spacial score (nSPS) is 24.3. The fourth-order valence-electron chi connectivity index (χ4n) is 3.97. The average molecular weight is 341 g/mol. The van der Waals surface area contributed by atoms with Gasteiger partial charge in [0.05, 0.1) is 12.3 Å². The van der Waals surface area contributed by atoms with Gasteiger partial charge >= 0.3 is 0 Å². The minimum atomic E-state index is -0.0769. The molecule has 0 saturated carbocycles. The molecular formula is C20H27N3O2. The van der Waals surface area contributed by atoms with E-state index in [1.807, 2.05) is 17.9 Å². The Morgan fingerprint density at radius 3 is 3.04 bits per heavy atom. The largest absolute Gasteiger partial charge is 0.487 e. The number of nitrogens with one attached hydrogen (secondary N) is 1. The van der Waals surface area contributed by atoms with Crippen LogP contribution in [0.25, 0.3) is 0 Å². The number of hydrogen-bond acceptors (Lipinski definition) is 4. The number of rotatable bonds is 5. The monoisotopic (exact) mass is 341 g/mol. The predicted molar refractivity (Wildman–Crippen MR) is 96.6 cm³/mol. The highest BCUT2D eigenvalue weighted by Gasteiger charge is 2.31. The Balaban J connectivity index is 1.34. The molecule has 1 aromatic heterocycles. The van der Waals surface area contributed by atoms with Gasteiger partial charge in [-0.05, 0) is 37.5 Å². The summed E-state index contributed by atoms with van der Waals surface area (Å²) in [6.45, 7) is 6.95. The maximum Gasteiger partial charge on any atom is 0.123 e. The standard InChI is InChI=1S/C20H27N3O2/c1-20(2)9-16-8-14(4-5-18(16)25-20)10-21-11-15-6-7-24-19(15)17-12-22-23(3)13-17/h4-5,8,12-13,15,19,21H,6-7,9-11H2,1-3H3. The zero-order valence-corrected chi connectivity index (χ0v) is 15.3. The molecule has 0 spiro atoms. The van der Waals surface area contributed by atoms with E-state index in [0.29, 0.717) is 5.92 Å². The summed E-state index contributed by atoms with van der Waals surface area (Å²) < 4.78 is 13.7. The van der Waals surface area contributed by atoms with Crippen molar-refractivity contribution < 1.29 is 9.47 Å². The van der Waals surface area contributed by atoms with Crippen LogP contribution in [-0.2, 0) is 24.8 Å². The number of hydrogen-bond donors (Lipinski definition) is 1. The van der Waals surface area contributed by atoms with Crippen molar-refractivity contribution in [3.63, 3.8) is 0 Å². The maximum absolute atomic E-state index is 5.96. The van der Waals surface area contributed by atoms with E-state index in [-0.39, 0.29) is 11.7 Å². The van der Waals surface area contributed by atoms with Crippen LogP contribution < -0.4 is 10.1 Å². The summed E-state index contributed by atoms with van der Waals surface area (Å²) in [6, 6.07) is 6.55. The third-order valence-corrected chi connectivity index (χ3v) is 5.13. The van der Waals surface area contributed by atoms with Gasteiger partial charge in [-0.2, -0.15) is 5.10 Å². The Morgan fingerprint density at radius 2 is 2.24 bits per heavy atom. The molecule has 1 aromatic carbocycles. The van der Waals surface area contributed by atoms with E-state index in [2.05, 4.69) is 48.7 Å². The first kappa shape index (κ1) is 16.6. The lowest BCUT2D eigenvalue weighted by Crippen LogP contribution is -2.24. The molecule has 25 heavy (non-hydrogen) atoms. The first-order chi connectivity index (χ1) is 12.0. The van der Waals surface area contributed by atoms with Crippen LogP contribution in [-0.4, -0.2) is 28.5 Å². The maximum atomic E-state index is 5.96. The molecule has 0 radical (unpaired) electrons. The number of aryl methyl sites for hydroxylation is 1. The molecule has 5 nitrogen and oxygen atoms in total. The van der Waals surface area contributed by atoms with E-state index in [9.17, 15) is 0 Å². The van der Waals surface area contributed by atoms with Gasteiger partial charge in [-0.25, -0.2) is 0 Å². The molecule has 2 aliphatic heterocycles. The average Bonchev–Trinajstić information content (AvgIpc) is 3.24. The molecule has 0 aliphatic carbocycles. The molecule has 5 heteroatoms. The second kappa shape index (κ2) is 6.46. The fourth-order valence-corrected chi connectivity index (χ4v) is 3.97. The zero-order chi connectivity index (χ0) is 17.4. The summed E-state index contributed by atoms with van der Waals surface area (Å²) in [5, 5.41) is 7.89. The van der Waals surface area contributed by atoms with E-state index in [0.717, 1.165) is 38.3 Å². The number of aromatic nitrogens is 2. The van der Waals surface area contributed by atoms with E-state index in [1.54, 1.807) is 0 Å². The highest BCUT2D eigenvalue weighted by atomic mass is 16.5. The van der Waals surface area contributed by atoms with Crippen LogP contribution in [0, 0.1) is 5.92 Å². The minimum absolute atomic E-state index is 0.0769. The van der Waals surface area contributed by atoms with Crippen LogP contribution in [0.2, 0.25) is 0 Å². The lowest BCUT2D eigenvalue weighted by atomic mass is 9.97. The second-order valence-electron chi connectivity index (χ2n) is 7.90. The van der Waals surface area contributed by atoms with Crippen LogP contribution in [0.15, 0.2) is 30.6 Å². The smallest absolute Gasteiger partial charge is 0.123 e. The molecule has 2 atom stereocenters. The molecule has 1 saturated heterocycles. The van der Waals surface area contributed by atoms with Gasteiger partial charge in [-0.3, -0.25) is 4.68 Å². The predicted octanol–water partition coefficient (Wildman–Crippen LogP) is 3.00. The summed E-state index contributed by atoms with van der Waals surface area (Å²) in [7, 11) is 1.95. The molecule has 2 unspecified atom stereocenters. The third kappa shape index (κ3) is 3.58. The van der Waals surface area contributed by atoms with Gasteiger partial charge in [0.1, 0.15) is 11.4 Å². The van der Waals surface area contributed by atoms with E-state index < -0.39 is 0 Å². The lowest BCUT2D eigenvalue weighted by molar-refractivity contribution is 0.0904. The van der Waals surface area contributed by atoms with Crippen molar-refractivity contribution in [3.05, 3.63) is 47.3 Å². The number of nitrogens with zero attached hydrogens (tertiary/aromatic N) is 2. The topological polar surface area (TPSA) is 48.3 Å². The molecule has 4 rings (SSSR count). The Labute approximate surface area is 149 Å². The molecule has 0 amide bonds. The Hall–Kier alpha value is -1.85. The third-order valence-electron chi connectivity index (χ3n) is 5.13. The summed E-state index contributed by atoms with van der Waals surface area (Å²) in [5.74, 6) is 1.54.